The molecular formula is C16H23NO2. The molecule has 1 atom stereocenters. The van der Waals surface area contributed by atoms with Gasteiger partial charge < -0.3 is 15.2 Å². The van der Waals surface area contributed by atoms with Gasteiger partial charge in [-0.15, -0.1) is 12.3 Å². The van der Waals surface area contributed by atoms with Crippen LogP contribution in [0.1, 0.15) is 31.7 Å². The van der Waals surface area contributed by atoms with Gasteiger partial charge in [0.15, 0.2) is 11.5 Å². The molecule has 3 heteroatoms. The molecule has 1 aromatic rings. The maximum absolute atomic E-state index is 6.02. The van der Waals surface area contributed by atoms with Gasteiger partial charge in [0, 0.05) is 12.5 Å². The highest BCUT2D eigenvalue weighted by Gasteiger charge is 2.12. The molecule has 104 valence electrons. The number of terminal acetylenes is 1. The van der Waals surface area contributed by atoms with Crippen LogP contribution in [0, 0.1) is 12.3 Å². The van der Waals surface area contributed by atoms with Crippen molar-refractivity contribution in [1.82, 2.24) is 0 Å². The highest BCUT2D eigenvalue weighted by atomic mass is 16.5. The molecular weight excluding hydrogens is 238 g/mol. The fraction of sp³-hybridized carbons (Fsp3) is 0.500. The van der Waals surface area contributed by atoms with E-state index in [-0.39, 0.29) is 6.04 Å². The lowest BCUT2D eigenvalue weighted by atomic mass is 10.0. The fourth-order valence-corrected chi connectivity index (χ4v) is 1.82. The van der Waals surface area contributed by atoms with Crippen molar-refractivity contribution in [3.63, 3.8) is 0 Å². The van der Waals surface area contributed by atoms with Crippen LogP contribution in [0.5, 0.6) is 11.5 Å². The summed E-state index contributed by atoms with van der Waals surface area (Å²) in [4.78, 5) is 0. The van der Waals surface area contributed by atoms with E-state index in [1.54, 1.807) is 7.11 Å². The Kier molecular flexibility index (Phi) is 6.84. The lowest BCUT2D eigenvalue weighted by Crippen LogP contribution is -2.21. The first-order chi connectivity index (χ1) is 9.22. The normalized spacial score (nSPS) is 11.7. The van der Waals surface area contributed by atoms with Crippen molar-refractivity contribution in [2.75, 3.05) is 13.7 Å². The number of hydrogen-bond acceptors (Lipinski definition) is 3. The molecule has 3 nitrogen and oxygen atoms in total. The van der Waals surface area contributed by atoms with Gasteiger partial charge in [-0.1, -0.05) is 19.1 Å². The molecule has 19 heavy (non-hydrogen) atoms. The highest BCUT2D eigenvalue weighted by molar-refractivity contribution is 5.47. The molecule has 0 heterocycles. The van der Waals surface area contributed by atoms with E-state index in [1.165, 1.54) is 0 Å². The Morgan fingerprint density at radius 3 is 2.84 bits per heavy atom. The van der Waals surface area contributed by atoms with Crippen LogP contribution in [0.2, 0.25) is 0 Å². The van der Waals surface area contributed by atoms with E-state index in [9.17, 15) is 0 Å². The number of para-hydroxylation sites is 1. The molecule has 0 saturated heterocycles. The van der Waals surface area contributed by atoms with Crippen LogP contribution in [-0.2, 0) is 6.42 Å². The third-order valence-electron chi connectivity index (χ3n) is 3.00. The van der Waals surface area contributed by atoms with Crippen LogP contribution in [0.3, 0.4) is 0 Å². The van der Waals surface area contributed by atoms with Gasteiger partial charge in [0.25, 0.3) is 0 Å². The minimum Gasteiger partial charge on any atom is -0.493 e. The third kappa shape index (κ3) is 4.84. The zero-order valence-electron chi connectivity index (χ0n) is 11.8. The topological polar surface area (TPSA) is 44.5 Å². The van der Waals surface area contributed by atoms with Crippen molar-refractivity contribution in [3.05, 3.63) is 23.8 Å². The van der Waals surface area contributed by atoms with Gasteiger partial charge >= 0.3 is 0 Å². The van der Waals surface area contributed by atoms with Gasteiger partial charge in [-0.05, 0) is 30.9 Å². The number of rotatable bonds is 8. The van der Waals surface area contributed by atoms with E-state index in [4.69, 9.17) is 21.6 Å². The molecule has 0 aromatic heterocycles. The molecule has 1 rings (SSSR count). The molecule has 0 radical (unpaired) electrons. The van der Waals surface area contributed by atoms with E-state index in [1.807, 2.05) is 18.2 Å². The summed E-state index contributed by atoms with van der Waals surface area (Å²) in [6.45, 7) is 2.68. The van der Waals surface area contributed by atoms with Gasteiger partial charge in [-0.25, -0.2) is 0 Å². The van der Waals surface area contributed by atoms with Crippen LogP contribution < -0.4 is 15.2 Å². The molecule has 0 saturated carbocycles. The average molecular weight is 261 g/mol. The molecule has 2 N–H and O–H groups in total. The first kappa shape index (κ1) is 15.4. The minimum absolute atomic E-state index is 0.139. The fourth-order valence-electron chi connectivity index (χ4n) is 1.82. The second kappa shape index (κ2) is 8.44. The van der Waals surface area contributed by atoms with E-state index in [0.29, 0.717) is 6.61 Å². The number of nitrogens with two attached hydrogens (primary N) is 1. The number of methoxy groups -OCH3 is 1. The highest BCUT2D eigenvalue weighted by Crippen LogP contribution is 2.32. The number of unbranched alkanes of at least 4 members (excludes halogenated alkanes) is 1. The van der Waals surface area contributed by atoms with E-state index >= 15 is 0 Å². The van der Waals surface area contributed by atoms with Gasteiger partial charge in [-0.2, -0.15) is 0 Å². The Morgan fingerprint density at radius 2 is 2.21 bits per heavy atom. The monoisotopic (exact) mass is 261 g/mol. The number of benzene rings is 1. The Hall–Kier alpha value is -1.66. The Bertz CT molecular complexity index is 423. The second-order valence-electron chi connectivity index (χ2n) is 4.48. The molecule has 0 spiro atoms. The molecule has 1 aromatic carbocycles. The van der Waals surface area contributed by atoms with Crippen LogP contribution in [0.4, 0.5) is 0 Å². The molecule has 0 bridgehead atoms. The lowest BCUT2D eigenvalue weighted by Gasteiger charge is -2.17. The van der Waals surface area contributed by atoms with Crippen molar-refractivity contribution in [1.29, 1.82) is 0 Å². The van der Waals surface area contributed by atoms with Crippen molar-refractivity contribution in [3.8, 4) is 23.8 Å². The van der Waals surface area contributed by atoms with Crippen LogP contribution >= 0.6 is 0 Å². The van der Waals surface area contributed by atoms with Crippen molar-refractivity contribution >= 4 is 0 Å². The van der Waals surface area contributed by atoms with Crippen LogP contribution in [-0.4, -0.2) is 19.8 Å². The molecule has 0 aliphatic carbocycles. The van der Waals surface area contributed by atoms with Gasteiger partial charge in [-0.3, -0.25) is 0 Å². The summed E-state index contributed by atoms with van der Waals surface area (Å²) in [6.07, 6.45) is 8.52. The molecule has 0 amide bonds. The summed E-state index contributed by atoms with van der Waals surface area (Å²) in [5.74, 6) is 4.16. The molecule has 0 aliphatic rings. The number of hydrogen-bond donors (Lipinski definition) is 1. The summed E-state index contributed by atoms with van der Waals surface area (Å²) in [6, 6.07) is 6.04. The van der Waals surface area contributed by atoms with Crippen molar-refractivity contribution in [2.24, 2.45) is 5.73 Å². The average Bonchev–Trinajstić information content (AvgIpc) is 2.44. The maximum Gasteiger partial charge on any atom is 0.164 e. The second-order valence-corrected chi connectivity index (χ2v) is 4.48. The largest absolute Gasteiger partial charge is 0.493 e. The summed E-state index contributed by atoms with van der Waals surface area (Å²) in [5, 5.41) is 0. The Labute approximate surface area is 116 Å². The summed E-state index contributed by atoms with van der Waals surface area (Å²) in [7, 11) is 1.65. The third-order valence-corrected chi connectivity index (χ3v) is 3.00. The van der Waals surface area contributed by atoms with E-state index in [2.05, 4.69) is 12.8 Å². The van der Waals surface area contributed by atoms with E-state index < -0.39 is 0 Å². The van der Waals surface area contributed by atoms with Crippen LogP contribution in [0.15, 0.2) is 18.2 Å². The van der Waals surface area contributed by atoms with Crippen molar-refractivity contribution in [2.45, 2.75) is 38.6 Å². The summed E-state index contributed by atoms with van der Waals surface area (Å²) in [5.41, 5.74) is 7.11. The standard InChI is InChI=1S/C16H23NO2/c1-4-6-7-11-19-16-13(12-14(17)5-2)9-8-10-15(16)18-3/h1,8-10,14H,5-7,11-12,17H2,2-3H3. The Balaban J connectivity index is 2.80. The van der Waals surface area contributed by atoms with Gasteiger partial charge in [0.05, 0.1) is 13.7 Å². The van der Waals surface area contributed by atoms with Crippen LogP contribution in [0.25, 0.3) is 0 Å². The first-order valence-corrected chi connectivity index (χ1v) is 6.70. The SMILES string of the molecule is C#CCCCOc1c(CC(N)CC)cccc1OC. The Morgan fingerprint density at radius 1 is 1.42 bits per heavy atom. The maximum atomic E-state index is 6.02. The van der Waals surface area contributed by atoms with Crippen molar-refractivity contribution < 1.29 is 9.47 Å². The molecule has 0 fully saturated rings. The minimum atomic E-state index is 0.139. The predicted octanol–water partition coefficient (Wildman–Crippen LogP) is 2.77. The lowest BCUT2D eigenvalue weighted by molar-refractivity contribution is 0.287. The zero-order valence-corrected chi connectivity index (χ0v) is 11.8. The summed E-state index contributed by atoms with van der Waals surface area (Å²) >= 11 is 0. The number of ether oxygens (including phenoxy) is 2. The quantitative estimate of drug-likeness (QED) is 0.578. The zero-order chi connectivity index (χ0) is 14.1. The molecule has 1 unspecified atom stereocenters. The van der Waals surface area contributed by atoms with E-state index in [0.717, 1.165) is 42.7 Å². The predicted molar refractivity (Wildman–Crippen MR) is 78.5 cm³/mol. The summed E-state index contributed by atoms with van der Waals surface area (Å²) < 4.78 is 11.2. The van der Waals surface area contributed by atoms with Gasteiger partial charge in [0.1, 0.15) is 0 Å². The molecule has 0 aliphatic heterocycles. The smallest absolute Gasteiger partial charge is 0.164 e. The van der Waals surface area contributed by atoms with Gasteiger partial charge in [0.2, 0.25) is 0 Å². The first-order valence-electron chi connectivity index (χ1n) is 6.70.